The van der Waals surface area contributed by atoms with Crippen LogP contribution >= 0.6 is 22.6 Å². The van der Waals surface area contributed by atoms with Crippen molar-refractivity contribution in [3.05, 3.63) is 91.1 Å². The molecule has 45 heavy (non-hydrogen) atoms. The molecule has 11 heteroatoms. The number of halogens is 3. The first-order valence-electron chi connectivity index (χ1n) is 14.0. The fraction of sp³-hybridized carbons (Fsp3) is 0.294. The lowest BCUT2D eigenvalue weighted by Crippen LogP contribution is -2.16. The SMILES string of the molecule is C#C[Si](C)(C)C.Cc1nn(-c2cc(F)cc(C#N)c2)c(C)c1C#C[Si](C)(C)C.Cc1nn(-c2cc(F)cc(C#N)c2)c(C)c1I. The lowest BCUT2D eigenvalue weighted by Gasteiger charge is -2.05. The predicted octanol–water partition coefficient (Wildman–Crippen LogP) is 8.33. The largest absolute Gasteiger partial charge is 0.237 e. The van der Waals surface area contributed by atoms with Gasteiger partial charge in [0.1, 0.15) is 27.8 Å². The van der Waals surface area contributed by atoms with Crippen LogP contribution in [0.25, 0.3) is 11.4 Å². The van der Waals surface area contributed by atoms with Crippen LogP contribution in [0.2, 0.25) is 39.3 Å². The van der Waals surface area contributed by atoms with Gasteiger partial charge in [-0.2, -0.15) is 20.7 Å². The molecule has 0 aliphatic carbocycles. The average molecular weight is 751 g/mol. The van der Waals surface area contributed by atoms with Crippen molar-refractivity contribution in [3.63, 3.8) is 0 Å². The number of rotatable bonds is 2. The summed E-state index contributed by atoms with van der Waals surface area (Å²) in [4.78, 5) is 0. The van der Waals surface area contributed by atoms with Crippen LogP contribution in [-0.2, 0) is 0 Å². The van der Waals surface area contributed by atoms with E-state index in [0.29, 0.717) is 16.9 Å². The Balaban J connectivity index is 0.000000272. The van der Waals surface area contributed by atoms with Crippen molar-refractivity contribution < 1.29 is 8.78 Å². The number of terminal acetylenes is 1. The summed E-state index contributed by atoms with van der Waals surface area (Å²) in [5, 5.41) is 26.6. The number of nitrogens with zero attached hydrogens (tertiary/aromatic N) is 6. The normalized spacial score (nSPS) is 10.5. The van der Waals surface area contributed by atoms with Crippen molar-refractivity contribution in [3.8, 4) is 46.9 Å². The Bertz CT molecular complexity index is 1900. The van der Waals surface area contributed by atoms with E-state index in [1.165, 1.54) is 24.3 Å². The van der Waals surface area contributed by atoms with Crippen molar-refractivity contribution in [2.24, 2.45) is 0 Å². The fourth-order valence-electron chi connectivity index (χ4n) is 3.72. The zero-order valence-electron chi connectivity index (χ0n) is 27.4. The van der Waals surface area contributed by atoms with E-state index in [-0.39, 0.29) is 5.56 Å². The molecule has 0 amide bonds. The number of aryl methyl sites for hydroxylation is 2. The first kappa shape index (κ1) is 37.2. The number of benzene rings is 2. The molecule has 2 aromatic heterocycles. The summed E-state index contributed by atoms with van der Waals surface area (Å²) in [6, 6.07) is 12.3. The number of aromatic nitrogens is 4. The second-order valence-corrected chi connectivity index (χ2v) is 23.0. The highest BCUT2D eigenvalue weighted by molar-refractivity contribution is 14.1. The summed E-state index contributed by atoms with van der Waals surface area (Å²) in [6.45, 7) is 20.6. The van der Waals surface area contributed by atoms with Crippen molar-refractivity contribution in [1.29, 1.82) is 10.5 Å². The van der Waals surface area contributed by atoms with Gasteiger partial charge in [-0.15, -0.1) is 17.5 Å². The molecule has 2 aromatic carbocycles. The summed E-state index contributed by atoms with van der Waals surface area (Å²) >= 11 is 2.20. The summed E-state index contributed by atoms with van der Waals surface area (Å²) in [7, 11) is -2.58. The smallest absolute Gasteiger partial charge is 0.129 e. The molecule has 0 atom stereocenters. The monoisotopic (exact) mass is 750 g/mol. The van der Waals surface area contributed by atoms with Crippen LogP contribution in [-0.4, -0.2) is 35.7 Å². The lowest BCUT2D eigenvalue weighted by atomic mass is 10.2. The molecule has 0 N–H and O–H groups in total. The molecule has 2 heterocycles. The van der Waals surface area contributed by atoms with E-state index in [1.54, 1.807) is 21.5 Å². The second kappa shape index (κ2) is 15.3. The Kier molecular flexibility index (Phi) is 12.7. The van der Waals surface area contributed by atoms with E-state index in [4.69, 9.17) is 16.9 Å². The molecule has 232 valence electrons. The molecule has 0 spiro atoms. The van der Waals surface area contributed by atoms with Gasteiger partial charge in [-0.25, -0.2) is 18.1 Å². The fourth-order valence-corrected chi connectivity index (χ4v) is 4.56. The highest BCUT2D eigenvalue weighted by Gasteiger charge is 2.15. The van der Waals surface area contributed by atoms with E-state index in [1.807, 2.05) is 39.8 Å². The molecule has 0 bridgehead atoms. The lowest BCUT2D eigenvalue weighted by molar-refractivity contribution is 0.624. The second-order valence-electron chi connectivity index (χ2n) is 12.4. The van der Waals surface area contributed by atoms with Crippen molar-refractivity contribution >= 4 is 38.7 Å². The van der Waals surface area contributed by atoms with Gasteiger partial charge in [0.05, 0.1) is 66.5 Å². The topological polar surface area (TPSA) is 83.2 Å². The molecule has 0 aliphatic rings. The third-order valence-corrected chi connectivity index (χ3v) is 9.30. The zero-order chi connectivity index (χ0) is 34.3. The highest BCUT2D eigenvalue weighted by atomic mass is 127. The minimum Gasteiger partial charge on any atom is -0.237 e. The summed E-state index contributed by atoms with van der Waals surface area (Å²) in [5.74, 6) is 2.35. The molecular weight excluding hydrogens is 713 g/mol. The Labute approximate surface area is 281 Å². The van der Waals surface area contributed by atoms with Crippen molar-refractivity contribution in [2.75, 3.05) is 0 Å². The van der Waals surface area contributed by atoms with Crippen LogP contribution < -0.4 is 0 Å². The van der Waals surface area contributed by atoms with Crippen LogP contribution in [0.5, 0.6) is 0 Å². The first-order valence-corrected chi connectivity index (χ1v) is 22.1. The molecule has 0 unspecified atom stereocenters. The zero-order valence-corrected chi connectivity index (χ0v) is 31.5. The molecular formula is C34H37F2IN6Si2. The first-order chi connectivity index (χ1) is 20.8. The number of hydrogen-bond acceptors (Lipinski definition) is 4. The molecule has 6 nitrogen and oxygen atoms in total. The van der Waals surface area contributed by atoms with Gasteiger partial charge >= 0.3 is 0 Å². The van der Waals surface area contributed by atoms with E-state index < -0.39 is 27.8 Å². The van der Waals surface area contributed by atoms with Crippen LogP contribution in [0.15, 0.2) is 36.4 Å². The summed E-state index contributed by atoms with van der Waals surface area (Å²) in [5.41, 5.74) is 12.1. The van der Waals surface area contributed by atoms with E-state index in [9.17, 15) is 8.78 Å². The van der Waals surface area contributed by atoms with Crippen molar-refractivity contribution in [1.82, 2.24) is 19.6 Å². The highest BCUT2D eigenvalue weighted by Crippen LogP contribution is 2.21. The minimum atomic E-state index is -1.48. The van der Waals surface area contributed by atoms with Crippen LogP contribution in [0, 0.1) is 89.0 Å². The maximum absolute atomic E-state index is 13.6. The average Bonchev–Trinajstić information content (AvgIpc) is 3.39. The van der Waals surface area contributed by atoms with Crippen molar-refractivity contribution in [2.45, 2.75) is 67.0 Å². The Morgan fingerprint density at radius 1 is 0.711 bits per heavy atom. The van der Waals surface area contributed by atoms with E-state index >= 15 is 0 Å². The maximum atomic E-state index is 13.6. The van der Waals surface area contributed by atoms with Crippen LogP contribution in [0.3, 0.4) is 0 Å². The summed E-state index contributed by atoms with van der Waals surface area (Å²) in [6.07, 6.45) is 5.12. The van der Waals surface area contributed by atoms with Gasteiger partial charge in [-0.3, -0.25) is 0 Å². The van der Waals surface area contributed by atoms with Crippen LogP contribution in [0.1, 0.15) is 39.5 Å². The number of nitriles is 2. The Morgan fingerprint density at radius 3 is 1.49 bits per heavy atom. The van der Waals surface area contributed by atoms with Gasteiger partial charge in [0.25, 0.3) is 0 Å². The summed E-state index contributed by atoms with van der Waals surface area (Å²) < 4.78 is 31.3. The molecule has 4 rings (SSSR count). The molecule has 0 saturated heterocycles. The Morgan fingerprint density at radius 2 is 1.13 bits per heavy atom. The molecule has 0 saturated carbocycles. The van der Waals surface area contributed by atoms with Crippen LogP contribution in [0.4, 0.5) is 8.78 Å². The maximum Gasteiger partial charge on any atom is 0.129 e. The third-order valence-electron chi connectivity index (χ3n) is 6.00. The van der Waals surface area contributed by atoms with Gasteiger partial charge in [0.2, 0.25) is 0 Å². The van der Waals surface area contributed by atoms with Gasteiger partial charge in [-0.1, -0.05) is 45.2 Å². The third kappa shape index (κ3) is 10.8. The van der Waals surface area contributed by atoms with E-state index in [2.05, 4.69) is 89.1 Å². The minimum absolute atomic E-state index is 0.275. The van der Waals surface area contributed by atoms with Gasteiger partial charge < -0.3 is 0 Å². The molecule has 4 aromatic rings. The van der Waals surface area contributed by atoms with Gasteiger partial charge in [0, 0.05) is 0 Å². The van der Waals surface area contributed by atoms with E-state index in [0.717, 1.165) is 31.9 Å². The standard InChI is InChI=1S/C17H18FN3Si.C12H9FIN3.C5H10Si/c1-12-17(6-7-22(3,4)5)13(2)21(20-12)16-9-14(11-19)8-15(18)10-16;1-7-12(14)8(2)17(16-7)11-4-9(6-15)3-10(13)5-11;1-5-6(2,3)4/h8-10H,1-5H3;3-5H,1-2H3;1H,2-4H3. The number of hydrogen-bond donors (Lipinski definition) is 0. The Hall–Kier alpha value is -4.02. The molecule has 0 aliphatic heterocycles. The molecule has 0 radical (unpaired) electrons. The van der Waals surface area contributed by atoms with Gasteiger partial charge in [-0.05, 0) is 86.7 Å². The quantitative estimate of drug-likeness (QED) is 0.117. The van der Waals surface area contributed by atoms with Gasteiger partial charge in [0.15, 0.2) is 0 Å². The molecule has 0 fully saturated rings. The predicted molar refractivity (Wildman–Crippen MR) is 191 cm³/mol.